The van der Waals surface area contributed by atoms with Gasteiger partial charge in [0.15, 0.2) is 5.17 Å². The number of fused-ring (bicyclic) bond motifs is 1. The number of benzene rings is 2. The molecule has 1 unspecified atom stereocenters. The van der Waals surface area contributed by atoms with Crippen LogP contribution in [0.1, 0.15) is 56.7 Å². The van der Waals surface area contributed by atoms with Gasteiger partial charge in [-0.3, -0.25) is 14.7 Å². The molecule has 37 heavy (non-hydrogen) atoms. The number of aliphatic imine (C=N–C) groups is 1. The van der Waals surface area contributed by atoms with Crippen molar-refractivity contribution in [2.24, 2.45) is 4.99 Å². The second kappa shape index (κ2) is 10.3. The number of pyridine rings is 1. The zero-order chi connectivity index (χ0) is 26.2. The van der Waals surface area contributed by atoms with Crippen LogP contribution in [0.5, 0.6) is 0 Å². The number of anilines is 1. The SMILES string of the molecule is CCN1c2cc(Cl)c(/C=C3/SC(=Nc4ccccc4)N(Cc4cccnc4)C3=O)cc2C(C)CC1(C)C. The first kappa shape index (κ1) is 25.6. The molecular formula is C30H31ClN4OS. The van der Waals surface area contributed by atoms with E-state index in [1.54, 1.807) is 17.3 Å². The Hall–Kier alpha value is -3.09. The normalized spacial score (nSPS) is 21.1. The van der Waals surface area contributed by atoms with Crippen LogP contribution < -0.4 is 4.90 Å². The average molecular weight is 531 g/mol. The average Bonchev–Trinajstić information content (AvgIpc) is 3.15. The smallest absolute Gasteiger partial charge is 0.267 e. The lowest BCUT2D eigenvalue weighted by Gasteiger charge is -2.47. The van der Waals surface area contributed by atoms with Crippen molar-refractivity contribution in [1.29, 1.82) is 0 Å². The summed E-state index contributed by atoms with van der Waals surface area (Å²) in [5, 5.41) is 1.29. The minimum absolute atomic E-state index is 0.0668. The number of carbonyl (C=O) groups excluding carboxylic acids is 1. The van der Waals surface area contributed by atoms with Crippen LogP contribution in [0.3, 0.4) is 0 Å². The monoisotopic (exact) mass is 530 g/mol. The van der Waals surface area contributed by atoms with E-state index in [4.69, 9.17) is 16.6 Å². The fraction of sp³-hybridized carbons (Fsp3) is 0.300. The van der Waals surface area contributed by atoms with Gasteiger partial charge < -0.3 is 4.90 Å². The van der Waals surface area contributed by atoms with Crippen molar-refractivity contribution in [1.82, 2.24) is 9.88 Å². The molecule has 1 saturated heterocycles. The number of halogens is 1. The second-order valence-corrected chi connectivity index (χ2v) is 11.6. The van der Waals surface area contributed by atoms with Crippen molar-refractivity contribution in [2.45, 2.75) is 52.1 Å². The maximum atomic E-state index is 13.6. The highest BCUT2D eigenvalue weighted by Crippen LogP contribution is 2.46. The van der Waals surface area contributed by atoms with Crippen molar-refractivity contribution in [3.63, 3.8) is 0 Å². The molecule has 5 rings (SSSR count). The van der Waals surface area contributed by atoms with E-state index in [1.807, 2.05) is 48.5 Å². The van der Waals surface area contributed by atoms with Crippen molar-refractivity contribution in [3.8, 4) is 0 Å². The molecule has 0 saturated carbocycles. The maximum absolute atomic E-state index is 13.6. The standard InChI is InChI=1S/C30H31ClN4OS/c1-5-35-26-16-25(31)22(14-24(26)20(2)17-30(35,3)4)15-27-28(36)34(19-21-10-9-13-32-18-21)29(37-27)33-23-11-7-6-8-12-23/h6-16,18,20H,5,17,19H2,1-4H3/b27-15+,33-29?. The van der Waals surface area contributed by atoms with E-state index in [0.717, 1.165) is 29.8 Å². The van der Waals surface area contributed by atoms with Gasteiger partial charge in [-0.05, 0) is 98.0 Å². The van der Waals surface area contributed by atoms with Crippen LogP contribution >= 0.6 is 23.4 Å². The Kier molecular flexibility index (Phi) is 7.15. The van der Waals surface area contributed by atoms with E-state index in [9.17, 15) is 4.79 Å². The molecule has 3 aromatic rings. The molecule has 190 valence electrons. The number of hydrogen-bond acceptors (Lipinski definition) is 5. The first-order valence-electron chi connectivity index (χ1n) is 12.6. The molecule has 0 radical (unpaired) electrons. The van der Waals surface area contributed by atoms with Crippen LogP contribution in [0.25, 0.3) is 6.08 Å². The minimum atomic E-state index is -0.0818. The Morgan fingerprint density at radius 2 is 1.97 bits per heavy atom. The molecule has 1 atom stereocenters. The first-order valence-corrected chi connectivity index (χ1v) is 13.8. The second-order valence-electron chi connectivity index (χ2n) is 10.2. The fourth-order valence-electron chi connectivity index (χ4n) is 5.39. The molecule has 3 heterocycles. The van der Waals surface area contributed by atoms with Crippen LogP contribution in [0.15, 0.2) is 76.9 Å². The van der Waals surface area contributed by atoms with Crippen molar-refractivity contribution in [2.75, 3.05) is 11.4 Å². The van der Waals surface area contributed by atoms with E-state index in [-0.39, 0.29) is 11.4 Å². The largest absolute Gasteiger partial charge is 0.366 e. The van der Waals surface area contributed by atoms with E-state index in [0.29, 0.717) is 27.6 Å². The van der Waals surface area contributed by atoms with Gasteiger partial charge in [0, 0.05) is 35.2 Å². The minimum Gasteiger partial charge on any atom is -0.366 e. The highest BCUT2D eigenvalue weighted by atomic mass is 35.5. The molecule has 5 nitrogen and oxygen atoms in total. The van der Waals surface area contributed by atoms with Gasteiger partial charge in [0.05, 0.1) is 17.1 Å². The summed E-state index contributed by atoms with van der Waals surface area (Å²) in [5.74, 6) is 0.313. The third kappa shape index (κ3) is 5.18. The number of aromatic nitrogens is 1. The third-order valence-corrected chi connectivity index (χ3v) is 8.37. The van der Waals surface area contributed by atoms with Crippen molar-refractivity contribution >= 4 is 51.9 Å². The van der Waals surface area contributed by atoms with Gasteiger partial charge in [-0.25, -0.2) is 4.99 Å². The molecule has 0 aliphatic carbocycles. The van der Waals surface area contributed by atoms with Gasteiger partial charge >= 0.3 is 0 Å². The fourth-order valence-corrected chi connectivity index (χ4v) is 6.59. The van der Waals surface area contributed by atoms with E-state index < -0.39 is 0 Å². The van der Waals surface area contributed by atoms with Crippen LogP contribution in [0, 0.1) is 0 Å². The summed E-state index contributed by atoms with van der Waals surface area (Å²) in [5.41, 5.74) is 5.14. The topological polar surface area (TPSA) is 48.8 Å². The van der Waals surface area contributed by atoms with Gasteiger partial charge in [-0.15, -0.1) is 0 Å². The number of rotatable bonds is 5. The zero-order valence-corrected chi connectivity index (χ0v) is 23.2. The summed E-state index contributed by atoms with van der Waals surface area (Å²) in [4.78, 5) is 27.4. The lowest BCUT2D eigenvalue weighted by atomic mass is 9.79. The Bertz CT molecular complexity index is 1370. The van der Waals surface area contributed by atoms with Crippen LogP contribution in [0.4, 0.5) is 11.4 Å². The lowest BCUT2D eigenvalue weighted by molar-refractivity contribution is -0.122. The van der Waals surface area contributed by atoms with Gasteiger partial charge in [0.1, 0.15) is 0 Å². The number of thioether (sulfide) groups is 1. The van der Waals surface area contributed by atoms with E-state index in [2.05, 4.69) is 49.7 Å². The molecule has 2 aliphatic heterocycles. The Balaban J connectivity index is 1.53. The highest BCUT2D eigenvalue weighted by Gasteiger charge is 2.37. The Morgan fingerprint density at radius 1 is 1.19 bits per heavy atom. The molecule has 1 aromatic heterocycles. The summed E-state index contributed by atoms with van der Waals surface area (Å²) in [7, 11) is 0. The van der Waals surface area contributed by atoms with E-state index in [1.165, 1.54) is 23.0 Å². The number of amides is 1. The van der Waals surface area contributed by atoms with Gasteiger partial charge in [-0.2, -0.15) is 0 Å². The number of para-hydroxylation sites is 1. The highest BCUT2D eigenvalue weighted by molar-refractivity contribution is 8.18. The molecule has 7 heteroatoms. The summed E-state index contributed by atoms with van der Waals surface area (Å²) in [6.45, 7) is 10.4. The predicted molar refractivity (Wildman–Crippen MR) is 155 cm³/mol. The number of carbonyl (C=O) groups is 1. The number of hydrogen-bond donors (Lipinski definition) is 0. The molecule has 0 spiro atoms. The Labute approximate surface area is 228 Å². The molecule has 2 aliphatic rings. The van der Waals surface area contributed by atoms with Crippen molar-refractivity contribution in [3.05, 3.63) is 93.6 Å². The summed E-state index contributed by atoms with van der Waals surface area (Å²) in [6, 6.07) is 17.8. The molecular weight excluding hydrogens is 500 g/mol. The summed E-state index contributed by atoms with van der Waals surface area (Å²) < 4.78 is 0. The molecule has 0 bridgehead atoms. The molecule has 1 amide bonds. The zero-order valence-electron chi connectivity index (χ0n) is 21.6. The first-order chi connectivity index (χ1) is 17.8. The van der Waals surface area contributed by atoms with Crippen LogP contribution in [0.2, 0.25) is 5.02 Å². The summed E-state index contributed by atoms with van der Waals surface area (Å²) >= 11 is 8.22. The third-order valence-electron chi connectivity index (χ3n) is 7.04. The Morgan fingerprint density at radius 3 is 2.68 bits per heavy atom. The number of nitrogens with zero attached hydrogens (tertiary/aromatic N) is 4. The number of amidine groups is 1. The molecule has 0 N–H and O–H groups in total. The predicted octanol–water partition coefficient (Wildman–Crippen LogP) is 7.65. The van der Waals surface area contributed by atoms with Gasteiger partial charge in [0.25, 0.3) is 5.91 Å². The lowest BCUT2D eigenvalue weighted by Crippen LogP contribution is -2.48. The van der Waals surface area contributed by atoms with Crippen molar-refractivity contribution < 1.29 is 4.79 Å². The van der Waals surface area contributed by atoms with Gasteiger partial charge in [0.2, 0.25) is 0 Å². The van der Waals surface area contributed by atoms with Crippen LogP contribution in [-0.4, -0.2) is 33.0 Å². The van der Waals surface area contributed by atoms with Crippen LogP contribution in [-0.2, 0) is 11.3 Å². The summed E-state index contributed by atoms with van der Waals surface area (Å²) in [6.07, 6.45) is 6.49. The van der Waals surface area contributed by atoms with Gasteiger partial charge in [-0.1, -0.05) is 42.8 Å². The van der Waals surface area contributed by atoms with E-state index >= 15 is 0 Å². The molecule has 2 aromatic carbocycles. The quantitative estimate of drug-likeness (QED) is 0.318. The maximum Gasteiger partial charge on any atom is 0.267 e. The molecule has 1 fully saturated rings.